The topological polar surface area (TPSA) is 110 Å². The predicted octanol–water partition coefficient (Wildman–Crippen LogP) is 0.298. The number of hydrogen-bond acceptors (Lipinski definition) is 8. The van der Waals surface area contributed by atoms with Crippen LogP contribution >= 0.6 is 0 Å². The second-order valence-electron chi connectivity index (χ2n) is 5.44. The first kappa shape index (κ1) is 16.1. The number of nitrogens with one attached hydrogen (secondary N) is 2. The van der Waals surface area contributed by atoms with Gasteiger partial charge in [-0.15, -0.1) is 0 Å². The zero-order valence-corrected chi connectivity index (χ0v) is 13.2. The van der Waals surface area contributed by atoms with Crippen LogP contribution in [0, 0.1) is 11.3 Å². The zero-order valence-electron chi connectivity index (χ0n) is 13.2. The van der Waals surface area contributed by atoms with Gasteiger partial charge in [-0.2, -0.15) is 20.2 Å². The number of anilines is 2. The van der Waals surface area contributed by atoms with Crippen LogP contribution in [0.3, 0.4) is 0 Å². The van der Waals surface area contributed by atoms with Crippen LogP contribution in [0.25, 0.3) is 0 Å². The van der Waals surface area contributed by atoms with Crippen LogP contribution in [-0.4, -0.2) is 52.8 Å². The number of hydrogen-bond donors (Lipinski definition) is 3. The Labute approximate surface area is 140 Å². The van der Waals surface area contributed by atoms with Crippen molar-refractivity contribution in [1.82, 2.24) is 20.3 Å². The predicted molar refractivity (Wildman–Crippen MR) is 89.5 cm³/mol. The third-order valence-corrected chi connectivity index (χ3v) is 3.76. The molecule has 1 saturated heterocycles. The van der Waals surface area contributed by atoms with Crippen molar-refractivity contribution in [1.29, 1.82) is 5.26 Å². The van der Waals surface area contributed by atoms with E-state index in [-0.39, 0.29) is 12.4 Å². The summed E-state index contributed by atoms with van der Waals surface area (Å²) in [5.41, 5.74) is 0.807. The number of aromatic nitrogens is 3. The molecule has 0 amide bonds. The Morgan fingerprint density at radius 1 is 1.21 bits per heavy atom. The number of piperazine rings is 1. The smallest absolute Gasteiger partial charge is 0.238 e. The molecule has 3 N–H and O–H groups in total. The van der Waals surface area contributed by atoms with E-state index in [4.69, 9.17) is 5.26 Å². The molecule has 2 aromatic rings. The minimum Gasteiger partial charge on any atom is -0.387 e. The monoisotopic (exact) mass is 325 g/mol. The van der Waals surface area contributed by atoms with Gasteiger partial charge in [0.15, 0.2) is 0 Å². The summed E-state index contributed by atoms with van der Waals surface area (Å²) in [5.74, 6) is 0.847. The van der Waals surface area contributed by atoms with Crippen molar-refractivity contribution in [3.63, 3.8) is 0 Å². The van der Waals surface area contributed by atoms with E-state index in [9.17, 15) is 5.11 Å². The molecule has 1 fully saturated rings. The van der Waals surface area contributed by atoms with E-state index in [0.717, 1.165) is 31.7 Å². The van der Waals surface area contributed by atoms with E-state index in [1.807, 2.05) is 41.3 Å². The van der Waals surface area contributed by atoms with Crippen LogP contribution in [-0.2, 0) is 0 Å². The molecule has 0 bridgehead atoms. The van der Waals surface area contributed by atoms with E-state index < -0.39 is 6.10 Å². The molecule has 8 heteroatoms. The Kier molecular flexibility index (Phi) is 5.15. The first-order valence-corrected chi connectivity index (χ1v) is 7.85. The second-order valence-corrected chi connectivity index (χ2v) is 5.44. The maximum atomic E-state index is 10.2. The number of nitrogens with zero attached hydrogens (tertiary/aromatic N) is 5. The van der Waals surface area contributed by atoms with E-state index in [1.165, 1.54) is 0 Å². The number of aliphatic hydroxyl groups excluding tert-OH is 1. The highest BCUT2D eigenvalue weighted by molar-refractivity contribution is 5.40. The Morgan fingerprint density at radius 2 is 1.96 bits per heavy atom. The number of rotatable bonds is 5. The fourth-order valence-electron chi connectivity index (χ4n) is 2.48. The molecule has 1 aliphatic rings. The van der Waals surface area contributed by atoms with Crippen LogP contribution in [0.4, 0.5) is 11.9 Å². The Hall–Kier alpha value is -2.76. The lowest BCUT2D eigenvalue weighted by Crippen LogP contribution is -2.44. The van der Waals surface area contributed by atoms with Crippen LogP contribution in [0.5, 0.6) is 0 Å². The molecule has 1 aromatic carbocycles. The maximum Gasteiger partial charge on any atom is 0.238 e. The number of aliphatic hydroxyl groups is 1. The molecule has 124 valence electrons. The summed E-state index contributed by atoms with van der Waals surface area (Å²) in [6.45, 7) is 3.51. The largest absolute Gasteiger partial charge is 0.387 e. The summed E-state index contributed by atoms with van der Waals surface area (Å²) in [6, 6.07) is 11.3. The molecule has 0 aliphatic carbocycles. The lowest BCUT2D eigenvalue weighted by molar-refractivity contribution is 0.191. The normalized spacial score (nSPS) is 15.6. The number of benzene rings is 1. The van der Waals surface area contributed by atoms with Crippen LogP contribution in [0.2, 0.25) is 0 Å². The fraction of sp³-hybridized carbons (Fsp3) is 0.375. The summed E-state index contributed by atoms with van der Waals surface area (Å²) >= 11 is 0. The molecular formula is C16H19N7O. The number of nitriles is 1. The van der Waals surface area contributed by atoms with Gasteiger partial charge < -0.3 is 20.6 Å². The highest BCUT2D eigenvalue weighted by Gasteiger charge is 2.16. The van der Waals surface area contributed by atoms with Gasteiger partial charge in [0, 0.05) is 32.7 Å². The molecule has 0 saturated carbocycles. The lowest BCUT2D eigenvalue weighted by atomic mass is 10.1. The van der Waals surface area contributed by atoms with Crippen LogP contribution < -0.4 is 15.5 Å². The molecule has 2 heterocycles. The lowest BCUT2D eigenvalue weighted by Gasteiger charge is -2.27. The minimum absolute atomic E-state index is 0.0650. The quantitative estimate of drug-likeness (QED) is 0.720. The molecule has 0 spiro atoms. The molecule has 1 atom stereocenters. The SMILES string of the molecule is N#Cc1nc(NCC(O)c2ccccc2)nc(N2CCNCC2)n1. The van der Waals surface area contributed by atoms with Crippen molar-refractivity contribution in [2.45, 2.75) is 6.10 Å². The summed E-state index contributed by atoms with van der Waals surface area (Å²) in [5, 5.41) is 25.6. The summed E-state index contributed by atoms with van der Waals surface area (Å²) < 4.78 is 0. The highest BCUT2D eigenvalue weighted by atomic mass is 16.3. The van der Waals surface area contributed by atoms with Crippen LogP contribution in [0.1, 0.15) is 17.5 Å². The molecule has 1 aromatic heterocycles. The fourth-order valence-corrected chi connectivity index (χ4v) is 2.48. The summed E-state index contributed by atoms with van der Waals surface area (Å²) in [4.78, 5) is 14.6. The third kappa shape index (κ3) is 3.95. The van der Waals surface area contributed by atoms with Gasteiger partial charge in [0.1, 0.15) is 6.07 Å². The second kappa shape index (κ2) is 7.68. The average molecular weight is 325 g/mol. The van der Waals surface area contributed by atoms with Crippen molar-refractivity contribution in [2.24, 2.45) is 0 Å². The minimum atomic E-state index is -0.684. The first-order chi connectivity index (χ1) is 11.8. The Balaban J connectivity index is 1.71. The van der Waals surface area contributed by atoms with Crippen molar-refractivity contribution < 1.29 is 5.11 Å². The van der Waals surface area contributed by atoms with E-state index >= 15 is 0 Å². The standard InChI is InChI=1S/C16H19N7O/c17-10-14-20-15(19-11-13(24)12-4-2-1-3-5-12)22-16(21-14)23-8-6-18-7-9-23/h1-5,13,18,24H,6-9,11H2,(H,19,20,21,22). The molecule has 8 nitrogen and oxygen atoms in total. The van der Waals surface area contributed by atoms with Gasteiger partial charge in [0.25, 0.3) is 0 Å². The average Bonchev–Trinajstić information content (AvgIpc) is 2.67. The third-order valence-electron chi connectivity index (χ3n) is 3.76. The maximum absolute atomic E-state index is 10.2. The molecule has 1 aliphatic heterocycles. The van der Waals surface area contributed by atoms with Crippen molar-refractivity contribution in [3.8, 4) is 6.07 Å². The van der Waals surface area contributed by atoms with Gasteiger partial charge in [-0.05, 0) is 5.56 Å². The highest BCUT2D eigenvalue weighted by Crippen LogP contribution is 2.15. The molecule has 0 radical (unpaired) electrons. The van der Waals surface area contributed by atoms with Crippen LogP contribution in [0.15, 0.2) is 30.3 Å². The Morgan fingerprint density at radius 3 is 2.67 bits per heavy atom. The van der Waals surface area contributed by atoms with Crippen molar-refractivity contribution in [2.75, 3.05) is 42.9 Å². The molecule has 1 unspecified atom stereocenters. The van der Waals surface area contributed by atoms with Gasteiger partial charge >= 0.3 is 0 Å². The summed E-state index contributed by atoms with van der Waals surface area (Å²) in [7, 11) is 0. The summed E-state index contributed by atoms with van der Waals surface area (Å²) in [6.07, 6.45) is -0.684. The van der Waals surface area contributed by atoms with E-state index in [1.54, 1.807) is 0 Å². The van der Waals surface area contributed by atoms with E-state index in [2.05, 4.69) is 25.6 Å². The molecular weight excluding hydrogens is 306 g/mol. The first-order valence-electron chi connectivity index (χ1n) is 7.85. The van der Waals surface area contributed by atoms with Gasteiger partial charge in [-0.3, -0.25) is 0 Å². The van der Waals surface area contributed by atoms with Gasteiger partial charge in [0.05, 0.1) is 6.10 Å². The van der Waals surface area contributed by atoms with Gasteiger partial charge in [0.2, 0.25) is 17.7 Å². The molecule has 3 rings (SSSR count). The van der Waals surface area contributed by atoms with Gasteiger partial charge in [-0.1, -0.05) is 30.3 Å². The zero-order chi connectivity index (χ0) is 16.8. The Bertz CT molecular complexity index is 710. The van der Waals surface area contributed by atoms with Gasteiger partial charge in [-0.25, -0.2) is 0 Å². The molecule has 24 heavy (non-hydrogen) atoms. The van der Waals surface area contributed by atoms with Crippen molar-refractivity contribution in [3.05, 3.63) is 41.7 Å². The van der Waals surface area contributed by atoms with E-state index in [0.29, 0.717) is 11.9 Å². The van der Waals surface area contributed by atoms with Crippen molar-refractivity contribution >= 4 is 11.9 Å².